The maximum absolute atomic E-state index is 13.7. The van der Waals surface area contributed by atoms with E-state index in [-0.39, 0.29) is 22.3 Å². The van der Waals surface area contributed by atoms with E-state index in [9.17, 15) is 14.4 Å². The molecular weight excluding hydrogens is 408 g/mol. The molecule has 164 valence electrons. The molecule has 0 N–H and O–H groups in total. The first kappa shape index (κ1) is 20.3. The number of hydrogen-bond donors (Lipinski definition) is 0. The molecule has 2 heterocycles. The number of carbonyl (C=O) groups is 1. The lowest BCUT2D eigenvalue weighted by molar-refractivity contribution is -0.118. The van der Waals surface area contributed by atoms with Gasteiger partial charge >= 0.3 is 0 Å². The molecular formula is C25H24N2O5. The van der Waals surface area contributed by atoms with E-state index >= 15 is 0 Å². The Morgan fingerprint density at radius 3 is 2.22 bits per heavy atom. The summed E-state index contributed by atoms with van der Waals surface area (Å²) in [7, 11) is 3.06. The Bertz CT molecular complexity index is 1440. The summed E-state index contributed by atoms with van der Waals surface area (Å²) in [6.45, 7) is 4.01. The molecule has 0 bridgehead atoms. The zero-order valence-electron chi connectivity index (χ0n) is 18.5. The van der Waals surface area contributed by atoms with Crippen LogP contribution in [0.1, 0.15) is 38.3 Å². The van der Waals surface area contributed by atoms with E-state index < -0.39 is 6.04 Å². The van der Waals surface area contributed by atoms with E-state index in [4.69, 9.17) is 9.47 Å². The molecule has 5 rings (SSSR count). The van der Waals surface area contributed by atoms with Crippen molar-refractivity contribution in [2.75, 3.05) is 14.2 Å². The van der Waals surface area contributed by atoms with Crippen LogP contribution >= 0.6 is 0 Å². The summed E-state index contributed by atoms with van der Waals surface area (Å²) in [5.41, 5.74) is 0.724. The van der Waals surface area contributed by atoms with Gasteiger partial charge in [0.15, 0.2) is 17.3 Å². The smallest absolute Gasteiger partial charge is 0.277 e. The Morgan fingerprint density at radius 1 is 0.875 bits per heavy atom. The van der Waals surface area contributed by atoms with Gasteiger partial charge in [0, 0.05) is 17.6 Å². The number of fused-ring (bicyclic) bond motifs is 3. The van der Waals surface area contributed by atoms with Crippen molar-refractivity contribution in [1.29, 1.82) is 0 Å². The third-order valence-electron chi connectivity index (χ3n) is 6.40. The highest BCUT2D eigenvalue weighted by atomic mass is 16.5. The molecule has 1 atom stereocenters. The van der Waals surface area contributed by atoms with Crippen LogP contribution in [0.5, 0.6) is 11.5 Å². The molecule has 7 nitrogen and oxygen atoms in total. The van der Waals surface area contributed by atoms with Crippen LogP contribution < -0.4 is 20.6 Å². The number of para-hydroxylation sites is 1. The van der Waals surface area contributed by atoms with Gasteiger partial charge in [-0.1, -0.05) is 38.1 Å². The third kappa shape index (κ3) is 2.70. The van der Waals surface area contributed by atoms with Crippen LogP contribution in [0.15, 0.2) is 57.6 Å². The van der Waals surface area contributed by atoms with Crippen molar-refractivity contribution in [3.63, 3.8) is 0 Å². The van der Waals surface area contributed by atoms with Gasteiger partial charge in [0.25, 0.3) is 11.1 Å². The van der Waals surface area contributed by atoms with Crippen molar-refractivity contribution in [1.82, 2.24) is 9.36 Å². The summed E-state index contributed by atoms with van der Waals surface area (Å²) in [4.78, 5) is 40.8. The van der Waals surface area contributed by atoms with Crippen molar-refractivity contribution in [2.45, 2.75) is 32.7 Å². The second-order valence-corrected chi connectivity index (χ2v) is 9.10. The summed E-state index contributed by atoms with van der Waals surface area (Å²) in [5, 5.41) is 0.668. The molecule has 0 spiro atoms. The first-order valence-corrected chi connectivity index (χ1v) is 10.5. The van der Waals surface area contributed by atoms with Crippen LogP contribution in [-0.4, -0.2) is 29.4 Å². The highest BCUT2D eigenvalue weighted by molar-refractivity contribution is 6.05. The van der Waals surface area contributed by atoms with Gasteiger partial charge in [-0.05, 0) is 30.0 Å². The zero-order valence-corrected chi connectivity index (χ0v) is 18.5. The lowest BCUT2D eigenvalue weighted by atomic mass is 9.74. The average molecular weight is 432 g/mol. The highest BCUT2D eigenvalue weighted by Gasteiger charge is 2.45. The van der Waals surface area contributed by atoms with Crippen molar-refractivity contribution in [2.24, 2.45) is 5.41 Å². The number of ether oxygens (including phenoxy) is 2. The average Bonchev–Trinajstić information content (AvgIpc) is 3.11. The van der Waals surface area contributed by atoms with Crippen molar-refractivity contribution < 1.29 is 14.3 Å². The number of hydrogen-bond acceptors (Lipinski definition) is 5. The van der Waals surface area contributed by atoms with Crippen molar-refractivity contribution in [3.05, 3.63) is 74.3 Å². The van der Waals surface area contributed by atoms with Gasteiger partial charge in [-0.2, -0.15) is 0 Å². The Kier molecular flexibility index (Phi) is 4.41. The SMILES string of the molecule is COc1cccc(C2C3=C(CC(C)(C)CC3=O)n3c(=O)c4ccccc4c(=O)n32)c1OC. The van der Waals surface area contributed by atoms with Gasteiger partial charge in [0.2, 0.25) is 0 Å². The number of nitrogens with zero attached hydrogens (tertiary/aromatic N) is 2. The molecule has 0 amide bonds. The predicted octanol–water partition coefficient (Wildman–Crippen LogP) is 3.38. The van der Waals surface area contributed by atoms with Crippen LogP contribution in [-0.2, 0) is 4.79 Å². The fourth-order valence-electron chi connectivity index (χ4n) is 5.11. The second-order valence-electron chi connectivity index (χ2n) is 9.10. The lowest BCUT2D eigenvalue weighted by Crippen LogP contribution is -2.37. The Labute approximate surface area is 184 Å². The molecule has 1 aliphatic carbocycles. The molecule has 7 heteroatoms. The first-order valence-electron chi connectivity index (χ1n) is 10.5. The van der Waals surface area contributed by atoms with Crippen LogP contribution in [0.3, 0.4) is 0 Å². The van der Waals surface area contributed by atoms with Gasteiger partial charge in [-0.25, -0.2) is 9.36 Å². The Balaban J connectivity index is 1.94. The maximum atomic E-state index is 13.7. The molecule has 1 aromatic heterocycles. The van der Waals surface area contributed by atoms with Gasteiger partial charge in [0.05, 0.1) is 30.7 Å². The number of rotatable bonds is 3. The minimum absolute atomic E-state index is 0.0646. The molecule has 0 saturated carbocycles. The topological polar surface area (TPSA) is 79.5 Å². The summed E-state index contributed by atoms with van der Waals surface area (Å²) in [5.74, 6) is 0.862. The first-order chi connectivity index (χ1) is 15.3. The van der Waals surface area contributed by atoms with Crippen molar-refractivity contribution in [3.8, 4) is 11.5 Å². The summed E-state index contributed by atoms with van der Waals surface area (Å²) in [6.07, 6.45) is 0.847. The monoisotopic (exact) mass is 432 g/mol. The highest BCUT2D eigenvalue weighted by Crippen LogP contribution is 2.49. The standard InChI is InChI=1S/C25H24N2O5/c1-25(2)12-17-20(18(28)13-25)21(16-10-7-11-19(31-3)22(16)32-4)27-24(30)15-9-6-5-8-14(15)23(29)26(17)27/h5-11,21H,12-13H2,1-4H3. The van der Waals surface area contributed by atoms with E-state index in [1.807, 2.05) is 19.9 Å². The molecule has 0 fully saturated rings. The zero-order chi connectivity index (χ0) is 22.8. The molecule has 3 aromatic rings. The predicted molar refractivity (Wildman–Crippen MR) is 121 cm³/mol. The van der Waals surface area contributed by atoms with E-state index in [0.29, 0.717) is 51.9 Å². The Hall–Kier alpha value is -3.61. The molecule has 0 radical (unpaired) electrons. The largest absolute Gasteiger partial charge is 0.493 e. The second kappa shape index (κ2) is 6.95. The van der Waals surface area contributed by atoms with Gasteiger partial charge in [-0.3, -0.25) is 14.4 Å². The van der Waals surface area contributed by atoms with Gasteiger partial charge in [-0.15, -0.1) is 0 Å². The normalized spacial score (nSPS) is 19.1. The van der Waals surface area contributed by atoms with E-state index in [0.717, 1.165) is 0 Å². The maximum Gasteiger partial charge on any atom is 0.277 e. The lowest BCUT2D eigenvalue weighted by Gasteiger charge is -2.30. The van der Waals surface area contributed by atoms with Gasteiger partial charge < -0.3 is 9.47 Å². The number of Topliss-reactive ketones (excluding diaryl/α,β-unsaturated/α-hetero) is 1. The van der Waals surface area contributed by atoms with Crippen LogP contribution in [0.4, 0.5) is 0 Å². The summed E-state index contributed by atoms with van der Waals surface area (Å²) < 4.78 is 14.0. The molecule has 2 aromatic carbocycles. The fraction of sp³-hybridized carbons (Fsp3) is 0.320. The number of ketones is 1. The number of aromatic nitrogens is 2. The van der Waals surface area contributed by atoms with Crippen molar-refractivity contribution >= 4 is 22.3 Å². The van der Waals surface area contributed by atoms with E-state index in [1.54, 1.807) is 36.4 Å². The number of benzene rings is 2. The van der Waals surface area contributed by atoms with Crippen LogP contribution in [0.25, 0.3) is 16.5 Å². The number of methoxy groups -OCH3 is 2. The van der Waals surface area contributed by atoms with Crippen LogP contribution in [0, 0.1) is 5.41 Å². The molecule has 32 heavy (non-hydrogen) atoms. The van der Waals surface area contributed by atoms with E-state index in [1.165, 1.54) is 23.6 Å². The summed E-state index contributed by atoms with van der Waals surface area (Å²) >= 11 is 0. The molecule has 0 saturated heterocycles. The number of carbonyl (C=O) groups excluding carboxylic acids is 1. The van der Waals surface area contributed by atoms with Gasteiger partial charge in [0.1, 0.15) is 6.04 Å². The minimum atomic E-state index is -0.775. The minimum Gasteiger partial charge on any atom is -0.493 e. The molecule has 2 aliphatic rings. The summed E-state index contributed by atoms with van der Waals surface area (Å²) in [6, 6.07) is 11.4. The molecule has 1 aliphatic heterocycles. The van der Waals surface area contributed by atoms with Crippen LogP contribution in [0.2, 0.25) is 0 Å². The molecule has 1 unspecified atom stereocenters. The van der Waals surface area contributed by atoms with E-state index in [2.05, 4.69) is 0 Å². The third-order valence-corrected chi connectivity index (χ3v) is 6.40. The fourth-order valence-corrected chi connectivity index (χ4v) is 5.11. The number of allylic oxidation sites excluding steroid dienone is 2. The Morgan fingerprint density at radius 2 is 1.56 bits per heavy atom. The quantitative estimate of drug-likeness (QED) is 0.634.